The van der Waals surface area contributed by atoms with Crippen LogP contribution in [-0.2, 0) is 0 Å². The Morgan fingerprint density at radius 3 is 2.76 bits per heavy atom. The van der Waals surface area contributed by atoms with Crippen LogP contribution in [0.25, 0.3) is 0 Å². The molecule has 0 heterocycles. The van der Waals surface area contributed by atoms with Gasteiger partial charge in [0.2, 0.25) is 0 Å². The molecule has 2 N–H and O–H groups in total. The Labute approximate surface area is 109 Å². The third-order valence-corrected chi connectivity index (χ3v) is 4.03. The van der Waals surface area contributed by atoms with E-state index in [1.54, 1.807) is 6.07 Å². The molecule has 1 aromatic rings. The topological polar surface area (TPSA) is 32.3 Å². The maximum absolute atomic E-state index is 13.2. The molecule has 1 atom stereocenters. The number of nitrogens with one attached hydrogen (secondary N) is 1. The van der Waals surface area contributed by atoms with Gasteiger partial charge in [-0.3, -0.25) is 0 Å². The lowest BCUT2D eigenvalue weighted by Gasteiger charge is -2.22. The van der Waals surface area contributed by atoms with E-state index in [4.69, 9.17) is 0 Å². The molecular weight excluding hydrogens is 285 g/mol. The van der Waals surface area contributed by atoms with Crippen molar-refractivity contribution in [2.75, 3.05) is 6.61 Å². The molecule has 0 aliphatic heterocycles. The van der Waals surface area contributed by atoms with E-state index in [-0.39, 0.29) is 18.5 Å². The summed E-state index contributed by atoms with van der Waals surface area (Å²) in [7, 11) is 0. The Balaban J connectivity index is 2.13. The van der Waals surface area contributed by atoms with E-state index in [1.165, 1.54) is 25.0 Å². The van der Waals surface area contributed by atoms with Crippen molar-refractivity contribution in [1.82, 2.24) is 5.32 Å². The molecule has 0 radical (unpaired) electrons. The molecule has 1 aromatic carbocycles. The van der Waals surface area contributed by atoms with Crippen molar-refractivity contribution >= 4 is 15.9 Å². The van der Waals surface area contributed by atoms with Crippen molar-refractivity contribution in [3.63, 3.8) is 0 Å². The van der Waals surface area contributed by atoms with Crippen LogP contribution in [0, 0.1) is 5.82 Å². The van der Waals surface area contributed by atoms with Gasteiger partial charge in [-0.15, -0.1) is 0 Å². The van der Waals surface area contributed by atoms with Gasteiger partial charge in [0.05, 0.1) is 12.6 Å². The molecule has 0 aromatic heterocycles. The van der Waals surface area contributed by atoms with Gasteiger partial charge in [-0.1, -0.05) is 28.8 Å². The van der Waals surface area contributed by atoms with Gasteiger partial charge in [0.25, 0.3) is 0 Å². The first-order chi connectivity index (χ1) is 8.20. The standard InChI is InChI=1S/C13H17BrFNO/c14-12-6-5-9(15)7-11(12)13(8-17)16-10-3-1-2-4-10/h5-7,10,13,16-17H,1-4,8H2. The lowest BCUT2D eigenvalue weighted by Crippen LogP contribution is -2.33. The highest BCUT2D eigenvalue weighted by Crippen LogP contribution is 2.27. The molecule has 1 aliphatic carbocycles. The average Bonchev–Trinajstić information content (AvgIpc) is 2.82. The minimum absolute atomic E-state index is 0.0153. The summed E-state index contributed by atoms with van der Waals surface area (Å²) in [6.45, 7) is -0.0153. The minimum atomic E-state index is -0.269. The molecule has 2 nitrogen and oxygen atoms in total. The third kappa shape index (κ3) is 3.27. The van der Waals surface area contributed by atoms with Crippen molar-refractivity contribution in [3.05, 3.63) is 34.1 Å². The monoisotopic (exact) mass is 301 g/mol. The molecule has 0 saturated heterocycles. The van der Waals surface area contributed by atoms with Crippen molar-refractivity contribution in [1.29, 1.82) is 0 Å². The quantitative estimate of drug-likeness (QED) is 0.895. The maximum atomic E-state index is 13.2. The molecule has 0 amide bonds. The Hall–Kier alpha value is -0.450. The zero-order chi connectivity index (χ0) is 12.3. The fourth-order valence-electron chi connectivity index (χ4n) is 2.40. The average molecular weight is 302 g/mol. The molecule has 17 heavy (non-hydrogen) atoms. The molecule has 4 heteroatoms. The van der Waals surface area contributed by atoms with Crippen LogP contribution in [0.2, 0.25) is 0 Å². The van der Waals surface area contributed by atoms with Gasteiger partial charge >= 0.3 is 0 Å². The van der Waals surface area contributed by atoms with E-state index < -0.39 is 0 Å². The molecule has 2 rings (SSSR count). The van der Waals surface area contributed by atoms with E-state index in [0.29, 0.717) is 6.04 Å². The second-order valence-electron chi connectivity index (χ2n) is 4.55. The minimum Gasteiger partial charge on any atom is -0.394 e. The molecule has 1 fully saturated rings. The highest BCUT2D eigenvalue weighted by Gasteiger charge is 2.21. The first-order valence-corrected chi connectivity index (χ1v) is 6.82. The number of aliphatic hydroxyl groups excluding tert-OH is 1. The van der Waals surface area contributed by atoms with Crippen molar-refractivity contribution in [2.24, 2.45) is 0 Å². The first kappa shape index (κ1) is 13.0. The van der Waals surface area contributed by atoms with Crippen LogP contribution in [0.3, 0.4) is 0 Å². The second-order valence-corrected chi connectivity index (χ2v) is 5.40. The van der Waals surface area contributed by atoms with Crippen LogP contribution in [0.4, 0.5) is 4.39 Å². The SMILES string of the molecule is OCC(NC1CCCC1)c1cc(F)ccc1Br. The molecule has 1 unspecified atom stereocenters. The van der Waals surface area contributed by atoms with E-state index >= 15 is 0 Å². The fraction of sp³-hybridized carbons (Fsp3) is 0.538. The number of rotatable bonds is 4. The lowest BCUT2D eigenvalue weighted by molar-refractivity contribution is 0.232. The van der Waals surface area contributed by atoms with E-state index in [2.05, 4.69) is 21.2 Å². The summed E-state index contributed by atoms with van der Waals surface area (Å²) in [6.07, 6.45) is 4.76. The number of benzene rings is 1. The summed E-state index contributed by atoms with van der Waals surface area (Å²) in [5, 5.41) is 12.9. The highest BCUT2D eigenvalue weighted by atomic mass is 79.9. The van der Waals surface area contributed by atoms with Gasteiger partial charge in [0.1, 0.15) is 5.82 Å². The normalized spacial score (nSPS) is 18.5. The number of hydrogen-bond donors (Lipinski definition) is 2. The Morgan fingerprint density at radius 1 is 1.41 bits per heavy atom. The second kappa shape index (κ2) is 5.94. The van der Waals surface area contributed by atoms with Gasteiger partial charge in [-0.05, 0) is 36.6 Å². The zero-order valence-corrected chi connectivity index (χ0v) is 11.2. The largest absolute Gasteiger partial charge is 0.394 e. The smallest absolute Gasteiger partial charge is 0.123 e. The predicted molar refractivity (Wildman–Crippen MR) is 69.3 cm³/mol. The number of aliphatic hydroxyl groups is 1. The van der Waals surface area contributed by atoms with Crippen LogP contribution < -0.4 is 5.32 Å². The number of halogens is 2. The van der Waals surface area contributed by atoms with Gasteiger partial charge in [0.15, 0.2) is 0 Å². The van der Waals surface area contributed by atoms with Crippen molar-refractivity contribution in [3.8, 4) is 0 Å². The van der Waals surface area contributed by atoms with Crippen LogP contribution in [0.1, 0.15) is 37.3 Å². The van der Waals surface area contributed by atoms with E-state index in [0.717, 1.165) is 22.9 Å². The van der Waals surface area contributed by atoms with E-state index in [1.807, 2.05) is 0 Å². The number of hydrogen-bond acceptors (Lipinski definition) is 2. The van der Waals surface area contributed by atoms with Gasteiger partial charge in [-0.2, -0.15) is 0 Å². The van der Waals surface area contributed by atoms with Crippen LogP contribution in [0.5, 0.6) is 0 Å². The van der Waals surface area contributed by atoms with Crippen LogP contribution in [-0.4, -0.2) is 17.8 Å². The van der Waals surface area contributed by atoms with E-state index in [9.17, 15) is 9.50 Å². The highest BCUT2D eigenvalue weighted by molar-refractivity contribution is 9.10. The predicted octanol–water partition coefficient (Wildman–Crippen LogP) is 3.15. The maximum Gasteiger partial charge on any atom is 0.123 e. The summed E-state index contributed by atoms with van der Waals surface area (Å²) in [4.78, 5) is 0. The Kier molecular flexibility index (Phi) is 4.54. The van der Waals surface area contributed by atoms with Gasteiger partial charge < -0.3 is 10.4 Å². The first-order valence-electron chi connectivity index (χ1n) is 6.02. The molecule has 94 valence electrons. The summed E-state index contributed by atoms with van der Waals surface area (Å²) < 4.78 is 14.1. The third-order valence-electron chi connectivity index (χ3n) is 3.31. The molecule has 0 bridgehead atoms. The summed E-state index contributed by atoms with van der Waals surface area (Å²) >= 11 is 3.40. The van der Waals surface area contributed by atoms with Gasteiger partial charge in [-0.25, -0.2) is 4.39 Å². The van der Waals surface area contributed by atoms with Crippen LogP contribution >= 0.6 is 15.9 Å². The lowest BCUT2D eigenvalue weighted by atomic mass is 10.1. The zero-order valence-electron chi connectivity index (χ0n) is 9.63. The van der Waals surface area contributed by atoms with Crippen LogP contribution in [0.15, 0.2) is 22.7 Å². The fourth-order valence-corrected chi connectivity index (χ4v) is 2.92. The summed E-state index contributed by atoms with van der Waals surface area (Å²) in [6, 6.07) is 4.83. The summed E-state index contributed by atoms with van der Waals surface area (Å²) in [5.41, 5.74) is 0.791. The molecular formula is C13H17BrFNO. The Bertz CT molecular complexity index is 380. The molecule has 1 saturated carbocycles. The molecule has 1 aliphatic rings. The Morgan fingerprint density at radius 2 is 2.12 bits per heavy atom. The van der Waals surface area contributed by atoms with Gasteiger partial charge in [0, 0.05) is 10.5 Å². The molecule has 0 spiro atoms. The van der Waals surface area contributed by atoms with Crippen molar-refractivity contribution < 1.29 is 9.50 Å². The van der Waals surface area contributed by atoms with Crippen molar-refractivity contribution in [2.45, 2.75) is 37.8 Å². The summed E-state index contributed by atoms with van der Waals surface area (Å²) in [5.74, 6) is -0.269.